The van der Waals surface area contributed by atoms with Crippen molar-refractivity contribution in [3.05, 3.63) is 53.6 Å². The maximum Gasteiger partial charge on any atom is 0.338 e. The van der Waals surface area contributed by atoms with Crippen LogP contribution >= 0.6 is 0 Å². The molecule has 0 aliphatic heterocycles. The minimum absolute atomic E-state index is 0.112. The largest absolute Gasteiger partial charge is 0.493 e. The lowest BCUT2D eigenvalue weighted by Crippen LogP contribution is -2.41. The molecule has 0 radical (unpaired) electrons. The molecule has 7 nitrogen and oxygen atoms in total. The molecule has 0 saturated heterocycles. The Morgan fingerprint density at radius 3 is 2.05 bits per heavy atom. The molecule has 0 saturated carbocycles. The minimum Gasteiger partial charge on any atom is -0.493 e. The zero-order valence-corrected chi connectivity index (χ0v) is 24.7. The Balaban J connectivity index is 2.05. The van der Waals surface area contributed by atoms with Crippen LogP contribution in [0.4, 0.5) is 0 Å². The summed E-state index contributed by atoms with van der Waals surface area (Å²) in [7, 11) is 2.65. The van der Waals surface area contributed by atoms with Crippen LogP contribution in [-0.2, 0) is 20.5 Å². The van der Waals surface area contributed by atoms with Crippen molar-refractivity contribution < 1.29 is 32.9 Å². The molecular formula is C29H44O7Si. The van der Waals surface area contributed by atoms with Crippen LogP contribution in [-0.4, -0.2) is 54.9 Å². The van der Waals surface area contributed by atoms with Crippen molar-refractivity contribution in [1.29, 1.82) is 0 Å². The molecule has 0 spiro atoms. The van der Waals surface area contributed by atoms with E-state index in [9.17, 15) is 4.79 Å². The third-order valence-electron chi connectivity index (χ3n) is 6.81. The maximum atomic E-state index is 13.1. The third kappa shape index (κ3) is 9.36. The summed E-state index contributed by atoms with van der Waals surface area (Å²) in [6, 6.07) is 13.3. The van der Waals surface area contributed by atoms with Gasteiger partial charge in [0.25, 0.3) is 0 Å². The lowest BCUT2D eigenvalue weighted by molar-refractivity contribution is 0.0185. The molecule has 2 rings (SSSR count). The van der Waals surface area contributed by atoms with Crippen molar-refractivity contribution in [2.45, 2.75) is 70.9 Å². The molecule has 0 aliphatic rings. The minimum atomic E-state index is -1.90. The van der Waals surface area contributed by atoms with E-state index < -0.39 is 14.3 Å². The van der Waals surface area contributed by atoms with Gasteiger partial charge in [0.05, 0.1) is 33.5 Å². The Kier molecular flexibility index (Phi) is 11.9. The maximum absolute atomic E-state index is 13.1. The molecule has 2 aromatic rings. The second-order valence-electron chi connectivity index (χ2n) is 10.5. The van der Waals surface area contributed by atoms with Gasteiger partial charge in [-0.1, -0.05) is 51.1 Å². The first kappa shape index (κ1) is 30.7. The van der Waals surface area contributed by atoms with E-state index in [1.165, 1.54) is 21.3 Å². The zero-order valence-electron chi connectivity index (χ0n) is 23.7. The highest BCUT2D eigenvalue weighted by Crippen LogP contribution is 2.39. The summed E-state index contributed by atoms with van der Waals surface area (Å²) in [4.78, 5) is 13.1. The fraction of sp³-hybridized carbons (Fsp3) is 0.552. The molecule has 206 valence electrons. The quantitative estimate of drug-likeness (QED) is 0.144. The second kappa shape index (κ2) is 14.4. The van der Waals surface area contributed by atoms with Crippen molar-refractivity contribution in [3.8, 4) is 17.2 Å². The third-order valence-corrected chi connectivity index (χ3v) is 11.3. The summed E-state index contributed by atoms with van der Waals surface area (Å²) in [6.07, 6.45) is 1.74. The Morgan fingerprint density at radius 2 is 1.51 bits per heavy atom. The summed E-state index contributed by atoms with van der Waals surface area (Å²) < 4.78 is 34.3. The van der Waals surface area contributed by atoms with Gasteiger partial charge in [-0.3, -0.25) is 0 Å². The summed E-state index contributed by atoms with van der Waals surface area (Å²) in [5, 5.41) is 0.112. The van der Waals surface area contributed by atoms with E-state index in [0.29, 0.717) is 55.5 Å². The first-order valence-corrected chi connectivity index (χ1v) is 15.7. The molecule has 0 aliphatic carbocycles. The van der Waals surface area contributed by atoms with E-state index in [2.05, 4.69) is 33.9 Å². The van der Waals surface area contributed by atoms with E-state index in [0.717, 1.165) is 12.0 Å². The topological polar surface area (TPSA) is 72.5 Å². The van der Waals surface area contributed by atoms with Crippen LogP contribution in [0.2, 0.25) is 18.1 Å². The van der Waals surface area contributed by atoms with Gasteiger partial charge in [-0.05, 0) is 48.7 Å². The number of rotatable bonds is 15. The fourth-order valence-corrected chi connectivity index (χ4v) is 4.58. The van der Waals surface area contributed by atoms with Gasteiger partial charge in [-0.25, -0.2) is 4.79 Å². The van der Waals surface area contributed by atoms with E-state index >= 15 is 0 Å². The standard InChI is InChI=1S/C29H44O7Si/c1-29(2,3)37(7,8)35-18-16-24(15-12-17-34-21-22-13-10-9-11-14-22)36-28(30)23-19-25(31-4)27(33-6)26(20-23)32-5/h9-11,13-14,19-20,24H,12,15-18,21H2,1-8H3. The predicted molar refractivity (Wildman–Crippen MR) is 148 cm³/mol. The molecule has 0 aromatic heterocycles. The number of ether oxygens (including phenoxy) is 5. The second-order valence-corrected chi connectivity index (χ2v) is 15.3. The van der Waals surface area contributed by atoms with Crippen LogP contribution in [0.15, 0.2) is 42.5 Å². The Labute approximate surface area is 223 Å². The van der Waals surface area contributed by atoms with Crippen molar-refractivity contribution >= 4 is 14.3 Å². The van der Waals surface area contributed by atoms with Gasteiger partial charge in [0.2, 0.25) is 5.75 Å². The average molecular weight is 533 g/mol. The smallest absolute Gasteiger partial charge is 0.338 e. The van der Waals surface area contributed by atoms with E-state index in [-0.39, 0.29) is 11.1 Å². The van der Waals surface area contributed by atoms with Crippen LogP contribution in [0.25, 0.3) is 0 Å². The van der Waals surface area contributed by atoms with Gasteiger partial charge in [-0.15, -0.1) is 0 Å². The SMILES string of the molecule is COc1cc(C(=O)OC(CCCOCc2ccccc2)CCO[Si](C)(C)C(C)(C)C)cc(OC)c1OC. The van der Waals surface area contributed by atoms with Crippen LogP contribution in [0.1, 0.15) is 56.0 Å². The van der Waals surface area contributed by atoms with Crippen LogP contribution in [0, 0.1) is 0 Å². The molecule has 0 fully saturated rings. The van der Waals surface area contributed by atoms with Gasteiger partial charge in [-0.2, -0.15) is 0 Å². The van der Waals surface area contributed by atoms with E-state index in [4.69, 9.17) is 28.1 Å². The number of hydrogen-bond acceptors (Lipinski definition) is 7. The molecule has 0 bridgehead atoms. The van der Waals surface area contributed by atoms with Gasteiger partial charge >= 0.3 is 5.97 Å². The molecular weight excluding hydrogens is 488 g/mol. The van der Waals surface area contributed by atoms with Crippen molar-refractivity contribution in [2.24, 2.45) is 0 Å². The number of benzene rings is 2. The van der Waals surface area contributed by atoms with Gasteiger partial charge < -0.3 is 28.1 Å². The van der Waals surface area contributed by atoms with Crippen LogP contribution in [0.5, 0.6) is 17.2 Å². The molecule has 0 N–H and O–H groups in total. The van der Waals surface area contributed by atoms with E-state index in [1.54, 1.807) is 12.1 Å². The molecule has 8 heteroatoms. The first-order chi connectivity index (χ1) is 17.5. The number of esters is 1. The van der Waals surface area contributed by atoms with Gasteiger partial charge in [0.1, 0.15) is 6.10 Å². The van der Waals surface area contributed by atoms with Gasteiger partial charge in [0, 0.05) is 19.6 Å². The number of carbonyl (C=O) groups is 1. The highest BCUT2D eigenvalue weighted by Gasteiger charge is 2.37. The van der Waals surface area contributed by atoms with Crippen molar-refractivity contribution in [2.75, 3.05) is 34.5 Å². The molecule has 2 aromatic carbocycles. The first-order valence-electron chi connectivity index (χ1n) is 12.8. The lowest BCUT2D eigenvalue weighted by Gasteiger charge is -2.36. The molecule has 0 amide bonds. The predicted octanol–water partition coefficient (Wildman–Crippen LogP) is 6.65. The van der Waals surface area contributed by atoms with Crippen molar-refractivity contribution in [1.82, 2.24) is 0 Å². The van der Waals surface area contributed by atoms with Crippen LogP contribution < -0.4 is 14.2 Å². The molecule has 1 atom stereocenters. The Morgan fingerprint density at radius 1 is 0.892 bits per heavy atom. The molecule has 0 heterocycles. The lowest BCUT2D eigenvalue weighted by atomic mass is 10.1. The number of hydrogen-bond donors (Lipinski definition) is 0. The highest BCUT2D eigenvalue weighted by molar-refractivity contribution is 6.74. The Bertz CT molecular complexity index is 945. The summed E-state index contributed by atoms with van der Waals surface area (Å²) in [5.41, 5.74) is 1.47. The highest BCUT2D eigenvalue weighted by atomic mass is 28.4. The van der Waals surface area contributed by atoms with Crippen molar-refractivity contribution in [3.63, 3.8) is 0 Å². The normalized spacial score (nSPS) is 12.6. The summed E-state index contributed by atoms with van der Waals surface area (Å²) in [5.74, 6) is 0.792. The molecule has 37 heavy (non-hydrogen) atoms. The monoisotopic (exact) mass is 532 g/mol. The van der Waals surface area contributed by atoms with Gasteiger partial charge in [0.15, 0.2) is 19.8 Å². The number of carbonyl (C=O) groups excluding carboxylic acids is 1. The summed E-state index contributed by atoms with van der Waals surface area (Å²) in [6.45, 7) is 12.8. The zero-order chi connectivity index (χ0) is 27.5. The van der Waals surface area contributed by atoms with E-state index in [1.807, 2.05) is 30.3 Å². The Hall–Kier alpha value is -2.55. The van der Waals surface area contributed by atoms with Crippen LogP contribution in [0.3, 0.4) is 0 Å². The average Bonchev–Trinajstić information content (AvgIpc) is 2.87. The fourth-order valence-electron chi connectivity index (χ4n) is 3.52. The molecule has 1 unspecified atom stereocenters. The summed E-state index contributed by atoms with van der Waals surface area (Å²) >= 11 is 0. The number of methoxy groups -OCH3 is 3.